The number of rotatable bonds is 7. The standard InChI is InChI=1S/C12H15NO5S/c1-8(5-12(14)15)19-7-9-3-4-11(18-2)10(6-9)13(16)17/h3-4,6,8H,5,7H2,1-2H3,(H,14,15). The van der Waals surface area contributed by atoms with E-state index in [4.69, 9.17) is 9.84 Å². The van der Waals surface area contributed by atoms with Crippen molar-refractivity contribution in [2.75, 3.05) is 7.11 Å². The fraction of sp³-hybridized carbons (Fsp3) is 0.417. The maximum absolute atomic E-state index is 10.9. The first kappa shape index (κ1) is 15.3. The molecule has 104 valence electrons. The van der Waals surface area contributed by atoms with Crippen LogP contribution in [0.3, 0.4) is 0 Å². The maximum Gasteiger partial charge on any atom is 0.311 e. The zero-order valence-corrected chi connectivity index (χ0v) is 11.5. The molecular formula is C12H15NO5S. The van der Waals surface area contributed by atoms with Crippen molar-refractivity contribution in [2.24, 2.45) is 0 Å². The van der Waals surface area contributed by atoms with E-state index in [0.717, 1.165) is 5.56 Å². The van der Waals surface area contributed by atoms with Crippen LogP contribution in [-0.2, 0) is 10.5 Å². The number of nitro benzene ring substituents is 1. The number of nitro groups is 1. The largest absolute Gasteiger partial charge is 0.490 e. The molecule has 0 radical (unpaired) electrons. The molecule has 0 saturated carbocycles. The molecule has 7 heteroatoms. The van der Waals surface area contributed by atoms with Gasteiger partial charge >= 0.3 is 11.7 Å². The van der Waals surface area contributed by atoms with Crippen molar-refractivity contribution in [1.29, 1.82) is 0 Å². The van der Waals surface area contributed by atoms with Gasteiger partial charge in [-0.05, 0) is 11.6 Å². The Hall–Kier alpha value is -1.76. The van der Waals surface area contributed by atoms with E-state index >= 15 is 0 Å². The molecule has 1 unspecified atom stereocenters. The molecule has 6 nitrogen and oxygen atoms in total. The van der Waals surface area contributed by atoms with Crippen LogP contribution in [0.5, 0.6) is 5.75 Å². The minimum atomic E-state index is -0.847. The molecule has 0 aliphatic heterocycles. The fourth-order valence-corrected chi connectivity index (χ4v) is 2.43. The molecule has 0 heterocycles. The van der Waals surface area contributed by atoms with E-state index in [1.54, 1.807) is 12.1 Å². The summed E-state index contributed by atoms with van der Waals surface area (Å²) in [6.45, 7) is 1.82. The second kappa shape index (κ2) is 6.98. The van der Waals surface area contributed by atoms with Gasteiger partial charge in [-0.15, -0.1) is 0 Å². The molecule has 1 aromatic carbocycles. The number of carboxylic acid groups (broad SMARTS) is 1. The van der Waals surface area contributed by atoms with Gasteiger partial charge in [-0.3, -0.25) is 14.9 Å². The van der Waals surface area contributed by atoms with Crippen LogP contribution in [0.15, 0.2) is 18.2 Å². The Labute approximate surface area is 114 Å². The lowest BCUT2D eigenvalue weighted by Crippen LogP contribution is -2.06. The Balaban J connectivity index is 2.72. The summed E-state index contributed by atoms with van der Waals surface area (Å²) in [6, 6.07) is 4.75. The molecule has 0 saturated heterocycles. The van der Waals surface area contributed by atoms with Crippen molar-refractivity contribution in [3.05, 3.63) is 33.9 Å². The quantitative estimate of drug-likeness (QED) is 0.612. The molecule has 0 spiro atoms. The van der Waals surface area contributed by atoms with Gasteiger partial charge in [0.1, 0.15) is 0 Å². The number of hydrogen-bond donors (Lipinski definition) is 1. The predicted octanol–water partition coefficient (Wildman–Crippen LogP) is 2.70. The van der Waals surface area contributed by atoms with Crippen molar-refractivity contribution in [3.8, 4) is 5.75 Å². The summed E-state index contributed by atoms with van der Waals surface area (Å²) in [5.74, 6) is -0.0997. The Kier molecular flexibility index (Phi) is 5.62. The number of benzene rings is 1. The monoisotopic (exact) mass is 285 g/mol. The summed E-state index contributed by atoms with van der Waals surface area (Å²) in [4.78, 5) is 20.9. The highest BCUT2D eigenvalue weighted by atomic mass is 32.2. The lowest BCUT2D eigenvalue weighted by atomic mass is 10.2. The molecule has 0 fully saturated rings. The van der Waals surface area contributed by atoms with E-state index in [0.29, 0.717) is 5.75 Å². The number of thioether (sulfide) groups is 1. The fourth-order valence-electron chi connectivity index (χ4n) is 1.51. The molecular weight excluding hydrogens is 270 g/mol. The van der Waals surface area contributed by atoms with Gasteiger partial charge in [0.25, 0.3) is 0 Å². The van der Waals surface area contributed by atoms with E-state index in [9.17, 15) is 14.9 Å². The summed E-state index contributed by atoms with van der Waals surface area (Å²) in [7, 11) is 1.38. The van der Waals surface area contributed by atoms with Gasteiger partial charge in [0, 0.05) is 17.1 Å². The first-order valence-electron chi connectivity index (χ1n) is 5.58. The molecule has 0 aromatic heterocycles. The summed E-state index contributed by atoms with van der Waals surface area (Å²) >= 11 is 1.45. The Morgan fingerprint density at radius 3 is 2.79 bits per heavy atom. The zero-order chi connectivity index (χ0) is 14.4. The maximum atomic E-state index is 10.9. The highest BCUT2D eigenvalue weighted by molar-refractivity contribution is 7.99. The summed E-state index contributed by atoms with van der Waals surface area (Å²) in [5.41, 5.74) is 0.696. The van der Waals surface area contributed by atoms with E-state index in [-0.39, 0.29) is 23.1 Å². The molecule has 1 atom stereocenters. The molecule has 1 N–H and O–H groups in total. The zero-order valence-electron chi connectivity index (χ0n) is 10.7. The Morgan fingerprint density at radius 2 is 2.26 bits per heavy atom. The number of hydrogen-bond acceptors (Lipinski definition) is 5. The average Bonchev–Trinajstić information content (AvgIpc) is 2.35. The summed E-state index contributed by atoms with van der Waals surface area (Å²) in [6.07, 6.45) is 0.0723. The second-order valence-corrected chi connectivity index (χ2v) is 5.41. The van der Waals surface area contributed by atoms with Crippen LogP contribution in [-0.4, -0.2) is 28.4 Å². The molecule has 19 heavy (non-hydrogen) atoms. The van der Waals surface area contributed by atoms with Crippen LogP contribution in [0.2, 0.25) is 0 Å². The lowest BCUT2D eigenvalue weighted by molar-refractivity contribution is -0.385. The lowest BCUT2D eigenvalue weighted by Gasteiger charge is -2.09. The first-order valence-corrected chi connectivity index (χ1v) is 6.63. The van der Waals surface area contributed by atoms with Crippen molar-refractivity contribution < 1.29 is 19.6 Å². The minimum Gasteiger partial charge on any atom is -0.490 e. The van der Waals surface area contributed by atoms with Gasteiger partial charge in [0.05, 0.1) is 18.5 Å². The molecule has 0 bridgehead atoms. The van der Waals surface area contributed by atoms with Crippen LogP contribution < -0.4 is 4.74 Å². The van der Waals surface area contributed by atoms with Gasteiger partial charge < -0.3 is 9.84 Å². The van der Waals surface area contributed by atoms with Gasteiger partial charge in [-0.2, -0.15) is 11.8 Å². The Bertz CT molecular complexity index is 477. The van der Waals surface area contributed by atoms with E-state index in [1.165, 1.54) is 24.9 Å². The SMILES string of the molecule is COc1ccc(CSC(C)CC(=O)O)cc1[N+](=O)[O-]. The van der Waals surface area contributed by atoms with Crippen LogP contribution in [0.4, 0.5) is 5.69 Å². The minimum absolute atomic E-state index is 0.0429. The third kappa shape index (κ3) is 4.78. The molecule has 0 aliphatic rings. The van der Waals surface area contributed by atoms with Crippen molar-refractivity contribution in [1.82, 2.24) is 0 Å². The number of carbonyl (C=O) groups is 1. The summed E-state index contributed by atoms with van der Waals surface area (Å²) < 4.78 is 4.91. The number of nitrogens with zero attached hydrogens (tertiary/aromatic N) is 1. The van der Waals surface area contributed by atoms with Gasteiger partial charge in [0.15, 0.2) is 5.75 Å². The van der Waals surface area contributed by atoms with Crippen LogP contribution >= 0.6 is 11.8 Å². The van der Waals surface area contributed by atoms with Gasteiger partial charge in [-0.25, -0.2) is 0 Å². The Morgan fingerprint density at radius 1 is 1.58 bits per heavy atom. The summed E-state index contributed by atoms with van der Waals surface area (Å²) in [5, 5.41) is 19.5. The van der Waals surface area contributed by atoms with Gasteiger partial charge in [-0.1, -0.05) is 13.0 Å². The van der Waals surface area contributed by atoms with Crippen LogP contribution in [0, 0.1) is 10.1 Å². The molecule has 1 rings (SSSR count). The van der Waals surface area contributed by atoms with Crippen LogP contribution in [0.1, 0.15) is 18.9 Å². The molecule has 0 amide bonds. The van der Waals surface area contributed by atoms with E-state index < -0.39 is 10.9 Å². The highest BCUT2D eigenvalue weighted by Gasteiger charge is 2.16. The number of aliphatic carboxylic acids is 1. The topological polar surface area (TPSA) is 89.7 Å². The number of methoxy groups -OCH3 is 1. The smallest absolute Gasteiger partial charge is 0.311 e. The van der Waals surface area contributed by atoms with Crippen molar-refractivity contribution in [3.63, 3.8) is 0 Å². The second-order valence-electron chi connectivity index (χ2n) is 3.98. The van der Waals surface area contributed by atoms with Crippen molar-refractivity contribution >= 4 is 23.4 Å². The first-order chi connectivity index (χ1) is 8.93. The van der Waals surface area contributed by atoms with E-state index in [2.05, 4.69) is 0 Å². The number of ether oxygens (including phenoxy) is 1. The van der Waals surface area contributed by atoms with Crippen molar-refractivity contribution in [2.45, 2.75) is 24.3 Å². The normalized spacial score (nSPS) is 11.9. The number of carboxylic acids is 1. The third-order valence-electron chi connectivity index (χ3n) is 2.44. The van der Waals surface area contributed by atoms with Crippen LogP contribution in [0.25, 0.3) is 0 Å². The molecule has 0 aliphatic carbocycles. The van der Waals surface area contributed by atoms with Gasteiger partial charge in [0.2, 0.25) is 0 Å². The highest BCUT2D eigenvalue weighted by Crippen LogP contribution is 2.30. The predicted molar refractivity (Wildman–Crippen MR) is 72.7 cm³/mol. The third-order valence-corrected chi connectivity index (χ3v) is 3.67. The van der Waals surface area contributed by atoms with E-state index in [1.807, 2.05) is 6.92 Å². The average molecular weight is 285 g/mol. The molecule has 1 aromatic rings.